The van der Waals surface area contributed by atoms with E-state index < -0.39 is 19.8 Å². The molecule has 0 N–H and O–H groups in total. The Labute approximate surface area is 90.2 Å². The molecule has 0 nitrogen and oxygen atoms in total. The van der Waals surface area contributed by atoms with Gasteiger partial charge in [-0.1, -0.05) is 0 Å². The molecule has 1 aromatic rings. The Morgan fingerprint density at radius 2 is 1.58 bits per heavy atom. The van der Waals surface area contributed by atoms with Crippen LogP contribution in [0.5, 0.6) is 0 Å². The second-order valence-corrected chi connectivity index (χ2v) is 12.9. The molecule has 1 aromatic carbocycles. The van der Waals surface area contributed by atoms with E-state index in [0.29, 0.717) is 0 Å². The van der Waals surface area contributed by atoms with Gasteiger partial charge in [-0.25, -0.2) is 0 Å². The molecular formula is C10H14BrSn. The Balaban J connectivity index is 2.80. The van der Waals surface area contributed by atoms with E-state index in [4.69, 9.17) is 0 Å². The van der Waals surface area contributed by atoms with Crippen LogP contribution < -0.4 is 3.58 Å². The molecule has 0 aliphatic rings. The van der Waals surface area contributed by atoms with Crippen LogP contribution in [0.3, 0.4) is 0 Å². The van der Waals surface area contributed by atoms with Crippen molar-refractivity contribution in [2.24, 2.45) is 0 Å². The molecule has 0 heterocycles. The SMILES string of the molecule is C[CH2][Sn]([CH2]C)[c]1ccc(Br)cc1. The summed E-state index contributed by atoms with van der Waals surface area (Å²) in [6, 6.07) is 8.93. The van der Waals surface area contributed by atoms with Gasteiger partial charge in [0.15, 0.2) is 0 Å². The van der Waals surface area contributed by atoms with Gasteiger partial charge in [0.25, 0.3) is 0 Å². The van der Waals surface area contributed by atoms with Crippen molar-refractivity contribution in [2.75, 3.05) is 0 Å². The van der Waals surface area contributed by atoms with Crippen molar-refractivity contribution < 1.29 is 0 Å². The molecule has 0 amide bonds. The molecule has 0 saturated heterocycles. The fraction of sp³-hybridized carbons (Fsp3) is 0.400. The van der Waals surface area contributed by atoms with E-state index in [9.17, 15) is 0 Å². The van der Waals surface area contributed by atoms with Gasteiger partial charge in [-0.2, -0.15) is 0 Å². The summed E-state index contributed by atoms with van der Waals surface area (Å²) in [5, 5.41) is 0. The molecule has 1 rings (SSSR count). The number of hydrogen-bond acceptors (Lipinski definition) is 0. The first-order chi connectivity index (χ1) is 5.77. The normalized spacial score (nSPS) is 10.7. The van der Waals surface area contributed by atoms with Crippen molar-refractivity contribution in [3.05, 3.63) is 28.7 Å². The molecule has 0 aliphatic heterocycles. The summed E-state index contributed by atoms with van der Waals surface area (Å²) >= 11 is 2.32. The van der Waals surface area contributed by atoms with E-state index in [0.717, 1.165) is 0 Å². The van der Waals surface area contributed by atoms with E-state index in [1.807, 2.05) is 0 Å². The molecule has 1 radical (unpaired) electrons. The topological polar surface area (TPSA) is 0 Å². The van der Waals surface area contributed by atoms with Gasteiger partial charge in [0.05, 0.1) is 0 Å². The van der Waals surface area contributed by atoms with Crippen molar-refractivity contribution in [1.29, 1.82) is 0 Å². The summed E-state index contributed by atoms with van der Waals surface area (Å²) in [6.07, 6.45) is 0. The fourth-order valence-electron chi connectivity index (χ4n) is 1.34. The van der Waals surface area contributed by atoms with Gasteiger partial charge in [0.1, 0.15) is 0 Å². The van der Waals surface area contributed by atoms with Crippen molar-refractivity contribution in [3.8, 4) is 0 Å². The van der Waals surface area contributed by atoms with E-state index in [-0.39, 0.29) is 0 Å². The van der Waals surface area contributed by atoms with Crippen LogP contribution in [0.1, 0.15) is 13.8 Å². The van der Waals surface area contributed by atoms with E-state index in [1.165, 1.54) is 13.3 Å². The molecular weight excluding hydrogens is 319 g/mol. The van der Waals surface area contributed by atoms with Gasteiger partial charge in [-0.05, 0) is 0 Å². The van der Waals surface area contributed by atoms with Crippen molar-refractivity contribution >= 4 is 39.3 Å². The first kappa shape index (κ1) is 10.6. The van der Waals surface area contributed by atoms with Crippen LogP contribution >= 0.6 is 15.9 Å². The van der Waals surface area contributed by atoms with Crippen LogP contribution in [0.25, 0.3) is 0 Å². The van der Waals surface area contributed by atoms with Gasteiger partial charge < -0.3 is 0 Å². The van der Waals surface area contributed by atoms with E-state index in [2.05, 4.69) is 54.0 Å². The van der Waals surface area contributed by atoms with Gasteiger partial charge in [-0.15, -0.1) is 0 Å². The maximum absolute atomic E-state index is 3.46. The second-order valence-electron chi connectivity index (χ2n) is 2.82. The van der Waals surface area contributed by atoms with Crippen LogP contribution in [-0.4, -0.2) is 19.8 Å². The van der Waals surface area contributed by atoms with Gasteiger partial charge in [0.2, 0.25) is 0 Å². The average molecular weight is 333 g/mol. The fourth-order valence-corrected chi connectivity index (χ4v) is 7.19. The standard InChI is InChI=1S/C6H4Br.2C2H5.Sn/c7-6-4-2-1-3-5-6;2*1-2;/h2-5H;2*1H2,2H3;. The maximum atomic E-state index is 3.46. The molecule has 0 saturated carbocycles. The predicted octanol–water partition coefficient (Wildman–Crippen LogP) is 3.19. The van der Waals surface area contributed by atoms with Gasteiger partial charge >= 0.3 is 90.7 Å². The number of hydrogen-bond donors (Lipinski definition) is 0. The molecule has 0 bridgehead atoms. The molecule has 0 fully saturated rings. The molecule has 0 aliphatic carbocycles. The molecule has 0 spiro atoms. The van der Waals surface area contributed by atoms with E-state index >= 15 is 0 Å². The molecule has 0 unspecified atom stereocenters. The molecule has 2 heteroatoms. The Morgan fingerprint density at radius 3 is 2.00 bits per heavy atom. The predicted molar refractivity (Wildman–Crippen MR) is 60.5 cm³/mol. The van der Waals surface area contributed by atoms with Crippen molar-refractivity contribution in [1.82, 2.24) is 0 Å². The number of benzene rings is 1. The third-order valence-corrected chi connectivity index (χ3v) is 10.8. The summed E-state index contributed by atoms with van der Waals surface area (Å²) in [6.45, 7) is 4.67. The zero-order valence-electron chi connectivity index (χ0n) is 7.60. The summed E-state index contributed by atoms with van der Waals surface area (Å²) in [7, 11) is 0. The van der Waals surface area contributed by atoms with Crippen LogP contribution in [0, 0.1) is 0 Å². The Kier molecular flexibility index (Phi) is 4.65. The quantitative estimate of drug-likeness (QED) is 0.746. The first-order valence-corrected chi connectivity index (χ1v) is 10.6. The Morgan fingerprint density at radius 1 is 1.08 bits per heavy atom. The van der Waals surface area contributed by atoms with Crippen LogP contribution in [0.2, 0.25) is 8.87 Å². The average Bonchev–Trinajstić information content (AvgIpc) is 2.10. The Hall–Kier alpha value is 0.499. The zero-order valence-corrected chi connectivity index (χ0v) is 12.0. The first-order valence-electron chi connectivity index (χ1n) is 4.38. The van der Waals surface area contributed by atoms with Crippen LogP contribution in [0.15, 0.2) is 28.7 Å². The minimum atomic E-state index is -1.14. The van der Waals surface area contributed by atoms with E-state index in [1.54, 1.807) is 3.58 Å². The number of rotatable bonds is 3. The third-order valence-electron chi connectivity index (χ3n) is 2.11. The van der Waals surface area contributed by atoms with Crippen molar-refractivity contribution in [2.45, 2.75) is 22.7 Å². The van der Waals surface area contributed by atoms with Gasteiger partial charge in [-0.3, -0.25) is 0 Å². The van der Waals surface area contributed by atoms with Crippen LogP contribution in [-0.2, 0) is 0 Å². The third kappa shape index (κ3) is 2.77. The summed E-state index contributed by atoms with van der Waals surface area (Å²) in [5.41, 5.74) is 0. The molecule has 0 atom stereocenters. The van der Waals surface area contributed by atoms with Gasteiger partial charge in [0, 0.05) is 0 Å². The summed E-state index contributed by atoms with van der Waals surface area (Å²) < 4.78 is 5.72. The summed E-state index contributed by atoms with van der Waals surface area (Å²) in [5.74, 6) is 0. The Bertz CT molecular complexity index is 226. The minimum absolute atomic E-state index is 1.14. The number of halogens is 1. The monoisotopic (exact) mass is 333 g/mol. The zero-order chi connectivity index (χ0) is 8.97. The van der Waals surface area contributed by atoms with Crippen molar-refractivity contribution in [3.63, 3.8) is 0 Å². The second kappa shape index (κ2) is 5.28. The molecule has 12 heavy (non-hydrogen) atoms. The summed E-state index contributed by atoms with van der Waals surface area (Å²) in [4.78, 5) is 0. The molecule has 0 aromatic heterocycles. The van der Waals surface area contributed by atoms with Crippen LogP contribution in [0.4, 0.5) is 0 Å². The molecule has 65 valence electrons.